The average Bonchev–Trinajstić information content (AvgIpc) is 2.61. The van der Waals surface area contributed by atoms with Gasteiger partial charge in [0.2, 0.25) is 0 Å². The average molecular weight is 290 g/mol. The highest BCUT2D eigenvalue weighted by molar-refractivity contribution is 7.87. The molecule has 3 amide bonds. The van der Waals surface area contributed by atoms with Gasteiger partial charge in [-0.3, -0.25) is 10.1 Å². The molecule has 2 aliphatic rings. The number of carbonyl (C=O) groups is 2. The Balaban J connectivity index is 2.13. The second kappa shape index (κ2) is 5.06. The Labute approximate surface area is 112 Å². The fraction of sp³-hybridized carbons (Fsp3) is 0.800. The van der Waals surface area contributed by atoms with Crippen molar-refractivity contribution in [3.8, 4) is 0 Å². The van der Waals surface area contributed by atoms with E-state index in [1.54, 1.807) is 0 Å². The van der Waals surface area contributed by atoms with Crippen molar-refractivity contribution in [2.45, 2.75) is 31.7 Å². The number of imide groups is 1. The number of hydrogen-bond acceptors (Lipinski definition) is 4. The second-order valence-electron chi connectivity index (χ2n) is 4.83. The molecule has 2 heterocycles. The lowest BCUT2D eigenvalue weighted by molar-refractivity contribution is -0.125. The highest BCUT2D eigenvalue weighted by Gasteiger charge is 2.50. The third-order valence-corrected chi connectivity index (χ3v) is 4.91. The summed E-state index contributed by atoms with van der Waals surface area (Å²) in [4.78, 5) is 23.0. The molecule has 0 aromatic carbocycles. The molecule has 0 bridgehead atoms. The Morgan fingerprint density at radius 3 is 2.74 bits per heavy atom. The zero-order valence-electron chi connectivity index (χ0n) is 10.7. The van der Waals surface area contributed by atoms with Crippen LogP contribution in [0.1, 0.15) is 26.2 Å². The van der Waals surface area contributed by atoms with Crippen LogP contribution in [0, 0.1) is 0 Å². The Morgan fingerprint density at radius 1 is 1.42 bits per heavy atom. The van der Waals surface area contributed by atoms with Crippen molar-refractivity contribution in [3.05, 3.63) is 0 Å². The number of nitrogens with zero attached hydrogens (tertiary/aromatic N) is 1. The van der Waals surface area contributed by atoms with E-state index in [0.717, 1.165) is 0 Å². The Kier molecular flexibility index (Phi) is 3.79. The minimum Gasteiger partial charge on any atom is -0.322 e. The molecular weight excluding hydrogens is 272 g/mol. The zero-order valence-corrected chi connectivity index (χ0v) is 11.5. The molecule has 19 heavy (non-hydrogen) atoms. The van der Waals surface area contributed by atoms with Crippen molar-refractivity contribution in [2.24, 2.45) is 0 Å². The van der Waals surface area contributed by atoms with E-state index in [9.17, 15) is 18.0 Å². The lowest BCUT2D eigenvalue weighted by Crippen LogP contribution is -2.60. The van der Waals surface area contributed by atoms with Gasteiger partial charge in [-0.2, -0.15) is 12.7 Å². The third kappa shape index (κ3) is 2.72. The SMILES string of the molecule is CCCNS(=O)(=O)N1CCCC2(C1)NC(=O)NC2=O. The van der Waals surface area contributed by atoms with E-state index in [1.165, 1.54) is 4.31 Å². The summed E-state index contributed by atoms with van der Waals surface area (Å²) in [5.41, 5.74) is -1.11. The van der Waals surface area contributed by atoms with Gasteiger partial charge in [0.05, 0.1) is 0 Å². The number of carbonyl (C=O) groups excluding carboxylic acids is 2. The molecule has 2 aliphatic heterocycles. The molecule has 1 atom stereocenters. The van der Waals surface area contributed by atoms with Gasteiger partial charge >= 0.3 is 6.03 Å². The van der Waals surface area contributed by atoms with Crippen LogP contribution in [0.3, 0.4) is 0 Å². The minimum absolute atomic E-state index is 0.0242. The Bertz CT molecular complexity index is 492. The first kappa shape index (κ1) is 14.2. The molecule has 0 aromatic heterocycles. The predicted octanol–water partition coefficient (Wildman–Crippen LogP) is -1.10. The van der Waals surface area contributed by atoms with Crippen LogP contribution in [0.5, 0.6) is 0 Å². The smallest absolute Gasteiger partial charge is 0.322 e. The zero-order chi connectivity index (χ0) is 14.1. The van der Waals surface area contributed by atoms with Gasteiger partial charge in [0.1, 0.15) is 5.54 Å². The standard InChI is InChI=1S/C10H18N4O4S/c1-2-5-11-19(17,18)14-6-3-4-10(7-14)8(15)12-9(16)13-10/h11H,2-7H2,1H3,(H2,12,13,15,16). The molecule has 1 spiro atoms. The number of nitrogens with one attached hydrogen (secondary N) is 3. The highest BCUT2D eigenvalue weighted by atomic mass is 32.2. The molecule has 108 valence electrons. The molecule has 9 heteroatoms. The lowest BCUT2D eigenvalue weighted by atomic mass is 9.90. The highest BCUT2D eigenvalue weighted by Crippen LogP contribution is 2.25. The van der Waals surface area contributed by atoms with Crippen LogP contribution < -0.4 is 15.4 Å². The summed E-state index contributed by atoms with van der Waals surface area (Å²) in [7, 11) is -3.60. The third-order valence-electron chi connectivity index (χ3n) is 3.35. The fourth-order valence-electron chi connectivity index (χ4n) is 2.36. The van der Waals surface area contributed by atoms with Gasteiger partial charge in [0.25, 0.3) is 16.1 Å². The van der Waals surface area contributed by atoms with Crippen molar-refractivity contribution in [1.29, 1.82) is 0 Å². The topological polar surface area (TPSA) is 108 Å². The normalized spacial score (nSPS) is 28.5. The van der Waals surface area contributed by atoms with E-state index in [-0.39, 0.29) is 6.54 Å². The van der Waals surface area contributed by atoms with Crippen molar-refractivity contribution >= 4 is 22.1 Å². The van der Waals surface area contributed by atoms with E-state index in [2.05, 4.69) is 15.4 Å². The van der Waals surface area contributed by atoms with Gasteiger partial charge in [0, 0.05) is 19.6 Å². The lowest BCUT2D eigenvalue weighted by Gasteiger charge is -2.37. The molecule has 8 nitrogen and oxygen atoms in total. The summed E-state index contributed by atoms with van der Waals surface area (Å²) in [5.74, 6) is -0.451. The number of urea groups is 1. The van der Waals surface area contributed by atoms with E-state index in [1.807, 2.05) is 6.92 Å². The summed E-state index contributed by atoms with van der Waals surface area (Å²) in [5, 5.41) is 4.71. The summed E-state index contributed by atoms with van der Waals surface area (Å²) >= 11 is 0. The van der Waals surface area contributed by atoms with Gasteiger partial charge in [-0.1, -0.05) is 6.92 Å². The first-order valence-corrected chi connectivity index (χ1v) is 7.72. The van der Waals surface area contributed by atoms with E-state index in [4.69, 9.17) is 0 Å². The Hall–Kier alpha value is -1.19. The number of hydrogen-bond donors (Lipinski definition) is 3. The second-order valence-corrected chi connectivity index (χ2v) is 6.58. The molecular formula is C10H18N4O4S. The van der Waals surface area contributed by atoms with Crippen LogP contribution in [0.4, 0.5) is 4.79 Å². The number of amides is 3. The number of rotatable bonds is 4. The van der Waals surface area contributed by atoms with Crippen LogP contribution >= 0.6 is 0 Å². The first-order valence-electron chi connectivity index (χ1n) is 6.28. The maximum atomic E-state index is 12.0. The molecule has 2 fully saturated rings. The predicted molar refractivity (Wildman–Crippen MR) is 67.4 cm³/mol. The molecule has 0 radical (unpaired) electrons. The van der Waals surface area contributed by atoms with E-state index < -0.39 is 27.7 Å². The largest absolute Gasteiger partial charge is 0.322 e. The quantitative estimate of drug-likeness (QED) is 0.571. The van der Waals surface area contributed by atoms with Crippen LogP contribution in [-0.2, 0) is 15.0 Å². The minimum atomic E-state index is -3.60. The molecule has 0 aliphatic carbocycles. The summed E-state index contributed by atoms with van der Waals surface area (Å²) < 4.78 is 27.8. The van der Waals surface area contributed by atoms with E-state index >= 15 is 0 Å². The monoisotopic (exact) mass is 290 g/mol. The first-order chi connectivity index (χ1) is 8.89. The van der Waals surface area contributed by atoms with Crippen molar-refractivity contribution < 1.29 is 18.0 Å². The summed E-state index contributed by atoms with van der Waals surface area (Å²) in [6.45, 7) is 2.54. The molecule has 2 saturated heterocycles. The van der Waals surface area contributed by atoms with Crippen molar-refractivity contribution in [1.82, 2.24) is 19.7 Å². The maximum absolute atomic E-state index is 12.0. The van der Waals surface area contributed by atoms with Gasteiger partial charge < -0.3 is 5.32 Å². The van der Waals surface area contributed by atoms with E-state index in [0.29, 0.717) is 32.4 Å². The fourth-order valence-corrected chi connectivity index (χ4v) is 3.76. The van der Waals surface area contributed by atoms with Gasteiger partial charge in [0.15, 0.2) is 0 Å². The number of piperidine rings is 1. The summed E-state index contributed by atoms with van der Waals surface area (Å²) in [6.07, 6.45) is 1.67. The van der Waals surface area contributed by atoms with Crippen LogP contribution in [0.25, 0.3) is 0 Å². The van der Waals surface area contributed by atoms with Crippen molar-refractivity contribution in [2.75, 3.05) is 19.6 Å². The Morgan fingerprint density at radius 2 is 2.16 bits per heavy atom. The van der Waals surface area contributed by atoms with Gasteiger partial charge in [-0.05, 0) is 19.3 Å². The van der Waals surface area contributed by atoms with Gasteiger partial charge in [-0.25, -0.2) is 9.52 Å². The summed E-state index contributed by atoms with van der Waals surface area (Å²) in [6, 6.07) is -0.564. The van der Waals surface area contributed by atoms with Gasteiger partial charge in [-0.15, -0.1) is 0 Å². The molecule has 2 rings (SSSR count). The molecule has 0 aromatic rings. The maximum Gasteiger partial charge on any atom is 0.322 e. The molecule has 3 N–H and O–H groups in total. The van der Waals surface area contributed by atoms with Crippen LogP contribution in [0.15, 0.2) is 0 Å². The molecule has 0 saturated carbocycles. The van der Waals surface area contributed by atoms with Crippen molar-refractivity contribution in [3.63, 3.8) is 0 Å². The molecule has 1 unspecified atom stereocenters. The van der Waals surface area contributed by atoms with Crippen LogP contribution in [0.2, 0.25) is 0 Å². The van der Waals surface area contributed by atoms with Crippen LogP contribution in [-0.4, -0.2) is 49.8 Å².